The van der Waals surface area contributed by atoms with Crippen LogP contribution in [-0.4, -0.2) is 45.0 Å². The van der Waals surface area contributed by atoms with Crippen molar-refractivity contribution in [1.82, 2.24) is 0 Å². The molecule has 0 aromatic rings. The van der Waals surface area contributed by atoms with Crippen molar-refractivity contribution < 1.29 is 43.7 Å². The highest BCUT2D eigenvalue weighted by Gasteiger charge is 2.62. The highest BCUT2D eigenvalue weighted by atomic mass is 31.2. The zero-order chi connectivity index (χ0) is 25.6. The molecule has 0 spiro atoms. The van der Waals surface area contributed by atoms with Gasteiger partial charge in [-0.2, -0.15) is 4.89 Å². The highest BCUT2D eigenvalue weighted by Crippen LogP contribution is 2.68. The summed E-state index contributed by atoms with van der Waals surface area (Å²) in [5, 5.41) is 21.6. The van der Waals surface area contributed by atoms with Crippen LogP contribution < -0.4 is 0 Å². The van der Waals surface area contributed by atoms with Crippen LogP contribution >= 0.6 is 7.82 Å². The second kappa shape index (κ2) is 10.3. The number of phosphoric acid groups is 1. The van der Waals surface area contributed by atoms with Crippen molar-refractivity contribution in [1.29, 1.82) is 0 Å². The molecular formula is C25H43O9P. The smallest absolute Gasteiger partial charge is 0.393 e. The molecule has 4 fully saturated rings. The van der Waals surface area contributed by atoms with Crippen molar-refractivity contribution >= 4 is 13.8 Å². The van der Waals surface area contributed by atoms with E-state index in [1.807, 2.05) is 0 Å². The fourth-order valence-electron chi connectivity index (χ4n) is 8.94. The van der Waals surface area contributed by atoms with Crippen molar-refractivity contribution in [2.24, 2.45) is 46.3 Å². The van der Waals surface area contributed by atoms with Crippen molar-refractivity contribution in [3.63, 3.8) is 0 Å². The lowest BCUT2D eigenvalue weighted by Crippen LogP contribution is -2.58. The summed E-state index contributed by atoms with van der Waals surface area (Å²) in [5.74, 6) is 1.89. The molecule has 9 nitrogen and oxygen atoms in total. The molecule has 10 heteroatoms. The number of hydrogen-bond donors (Lipinski definition) is 4. The first-order chi connectivity index (χ1) is 16.3. The number of carbonyl (C=O) groups is 1. The third kappa shape index (κ3) is 5.52. The van der Waals surface area contributed by atoms with E-state index in [0.717, 1.165) is 51.4 Å². The van der Waals surface area contributed by atoms with Crippen LogP contribution in [0.4, 0.5) is 0 Å². The summed E-state index contributed by atoms with van der Waals surface area (Å²) < 4.78 is 14.7. The van der Waals surface area contributed by atoms with E-state index in [-0.39, 0.29) is 29.5 Å². The van der Waals surface area contributed by atoms with Crippen LogP contribution in [0.3, 0.4) is 0 Å². The quantitative estimate of drug-likeness (QED) is 0.124. The second-order valence-electron chi connectivity index (χ2n) is 12.3. The number of carbonyl (C=O) groups excluding carboxylic acids is 1. The Bertz CT molecular complexity index is 817. The zero-order valence-corrected chi connectivity index (χ0v) is 22.1. The van der Waals surface area contributed by atoms with Crippen LogP contribution in [0.5, 0.6) is 0 Å². The molecular weight excluding hydrogens is 475 g/mol. The average molecular weight is 519 g/mol. The third-order valence-electron chi connectivity index (χ3n) is 10.6. The molecule has 0 radical (unpaired) electrons. The molecule has 10 atom stereocenters. The van der Waals surface area contributed by atoms with Gasteiger partial charge in [0.15, 0.2) is 0 Å². The van der Waals surface area contributed by atoms with E-state index < -0.39 is 20.6 Å². The van der Waals surface area contributed by atoms with Gasteiger partial charge in [0.1, 0.15) is 0 Å². The molecule has 0 aromatic carbocycles. The van der Waals surface area contributed by atoms with E-state index in [2.05, 4.69) is 35.1 Å². The largest absolute Gasteiger partial charge is 0.471 e. The van der Waals surface area contributed by atoms with Gasteiger partial charge in [-0.1, -0.05) is 20.8 Å². The van der Waals surface area contributed by atoms with Crippen LogP contribution in [-0.2, 0) is 23.7 Å². The van der Waals surface area contributed by atoms with Crippen molar-refractivity contribution in [3.05, 3.63) is 0 Å². The number of hydrogen-bond acceptors (Lipinski definition) is 7. The van der Waals surface area contributed by atoms with Crippen molar-refractivity contribution in [2.75, 3.05) is 6.79 Å². The highest BCUT2D eigenvalue weighted by molar-refractivity contribution is 7.46. The van der Waals surface area contributed by atoms with E-state index in [1.54, 1.807) is 0 Å². The molecule has 1 unspecified atom stereocenters. The Morgan fingerprint density at radius 3 is 2.43 bits per heavy atom. The molecule has 4 N–H and O–H groups in total. The summed E-state index contributed by atoms with van der Waals surface area (Å²) in [6, 6.07) is 0. The number of phosphoric ester groups is 1. The Morgan fingerprint density at radius 2 is 1.71 bits per heavy atom. The van der Waals surface area contributed by atoms with E-state index in [9.17, 15) is 19.6 Å². The summed E-state index contributed by atoms with van der Waals surface area (Å²) in [5.41, 5.74) is 0.345. The zero-order valence-electron chi connectivity index (χ0n) is 21.2. The molecule has 0 bridgehead atoms. The lowest BCUT2D eigenvalue weighted by Gasteiger charge is -2.62. The Balaban J connectivity index is 1.35. The molecule has 0 heterocycles. The van der Waals surface area contributed by atoms with Gasteiger partial charge in [0.2, 0.25) is 6.79 Å². The first kappa shape index (κ1) is 27.5. The molecule has 4 aliphatic carbocycles. The van der Waals surface area contributed by atoms with Crippen LogP contribution in [0, 0.1) is 46.3 Å². The molecule has 0 aromatic heterocycles. The van der Waals surface area contributed by atoms with Gasteiger partial charge in [-0.15, -0.1) is 0 Å². The van der Waals surface area contributed by atoms with Gasteiger partial charge in [0.25, 0.3) is 0 Å². The molecule has 4 rings (SSSR count). The molecule has 4 aliphatic rings. The standard InChI is InChI=1S/C25H43O9P/c1-15(4-7-22(28)34-32-14-33-35(29,30)31)18-5-6-19-23-20(9-11-25(18,19)3)24(2)10-8-17(26)12-16(24)13-21(23)27/h15-21,23,26-27H,4-14H2,1-3H3,(H2,29,30,31)/t15-,16?,17+,18-,19+,20+,21+,23+,24+,25-/m1/s1. The number of rotatable bonds is 8. The SMILES string of the molecule is C[C@H](CCC(=O)OOCOP(=O)(O)O)[C@H]1CC[C@H]2[C@@H]3[C@@H](O)CC4C[C@@H](O)CC[C@]4(C)[C@H]3CC[C@]12C. The number of aliphatic hydroxyl groups excluding tert-OH is 2. The van der Waals surface area contributed by atoms with Crippen LogP contribution in [0.2, 0.25) is 0 Å². The molecule has 4 saturated carbocycles. The second-order valence-corrected chi connectivity index (χ2v) is 13.5. The van der Waals surface area contributed by atoms with Gasteiger partial charge in [-0.25, -0.2) is 9.36 Å². The topological polar surface area (TPSA) is 143 Å². The first-order valence-corrected chi connectivity index (χ1v) is 14.8. The summed E-state index contributed by atoms with van der Waals surface area (Å²) in [6.07, 6.45) is 8.30. The van der Waals surface area contributed by atoms with E-state index in [0.29, 0.717) is 41.9 Å². The Kier molecular flexibility index (Phi) is 8.10. The van der Waals surface area contributed by atoms with E-state index in [4.69, 9.17) is 9.79 Å². The van der Waals surface area contributed by atoms with Gasteiger partial charge in [-0.3, -0.25) is 9.41 Å². The predicted molar refractivity (Wildman–Crippen MR) is 126 cm³/mol. The number of fused-ring (bicyclic) bond motifs is 5. The van der Waals surface area contributed by atoms with Crippen LogP contribution in [0.1, 0.15) is 85.0 Å². The third-order valence-corrected chi connectivity index (χ3v) is 11.1. The molecule has 0 saturated heterocycles. The fraction of sp³-hybridized carbons (Fsp3) is 0.960. The van der Waals surface area contributed by atoms with E-state index in [1.165, 1.54) is 0 Å². The molecule has 35 heavy (non-hydrogen) atoms. The van der Waals surface area contributed by atoms with Gasteiger partial charge in [0.05, 0.1) is 12.2 Å². The minimum absolute atomic E-state index is 0.136. The molecule has 0 aliphatic heterocycles. The minimum Gasteiger partial charge on any atom is -0.393 e. The maximum Gasteiger partial charge on any atom is 0.471 e. The van der Waals surface area contributed by atoms with E-state index >= 15 is 0 Å². The summed E-state index contributed by atoms with van der Waals surface area (Å²) in [4.78, 5) is 38.3. The molecule has 0 amide bonds. The summed E-state index contributed by atoms with van der Waals surface area (Å²) in [7, 11) is -4.67. The van der Waals surface area contributed by atoms with Crippen molar-refractivity contribution in [2.45, 2.75) is 97.2 Å². The van der Waals surface area contributed by atoms with Gasteiger partial charge >= 0.3 is 13.8 Å². The van der Waals surface area contributed by atoms with Gasteiger partial charge in [0, 0.05) is 6.42 Å². The average Bonchev–Trinajstić information content (AvgIpc) is 3.13. The minimum atomic E-state index is -4.67. The normalized spacial score (nSPS) is 44.1. The van der Waals surface area contributed by atoms with Crippen LogP contribution in [0.15, 0.2) is 0 Å². The Labute approximate surface area is 208 Å². The summed E-state index contributed by atoms with van der Waals surface area (Å²) in [6.45, 7) is 6.18. The lowest BCUT2D eigenvalue weighted by atomic mass is 9.43. The Morgan fingerprint density at radius 1 is 1.03 bits per heavy atom. The monoisotopic (exact) mass is 518 g/mol. The first-order valence-electron chi connectivity index (χ1n) is 13.2. The van der Waals surface area contributed by atoms with Gasteiger partial charge in [-0.05, 0) is 104 Å². The van der Waals surface area contributed by atoms with Crippen molar-refractivity contribution in [3.8, 4) is 0 Å². The fourth-order valence-corrected chi connectivity index (χ4v) is 9.12. The van der Waals surface area contributed by atoms with Crippen LogP contribution in [0.25, 0.3) is 0 Å². The molecule has 202 valence electrons. The predicted octanol–water partition coefficient (Wildman–Crippen LogP) is 3.93. The maximum atomic E-state index is 12.0. The summed E-state index contributed by atoms with van der Waals surface area (Å²) >= 11 is 0. The maximum absolute atomic E-state index is 12.0. The Hall–Kier alpha value is -0.540. The lowest BCUT2D eigenvalue weighted by molar-refractivity contribution is -0.299. The van der Waals surface area contributed by atoms with Gasteiger partial charge < -0.3 is 20.0 Å². The number of aliphatic hydroxyl groups is 2.